The standard InChI is InChI=1S/C13H17NO2/c1-4-11-7-5-6-8-12(11)13(16)14-9(2)10(3)15/h5-9H,4H2,1-3H3,(H,14,16). The lowest BCUT2D eigenvalue weighted by atomic mass is 10.0. The monoisotopic (exact) mass is 219 g/mol. The third-order valence-electron chi connectivity index (χ3n) is 2.60. The van der Waals surface area contributed by atoms with Crippen molar-refractivity contribution in [1.29, 1.82) is 0 Å². The third-order valence-corrected chi connectivity index (χ3v) is 2.60. The van der Waals surface area contributed by atoms with E-state index < -0.39 is 6.04 Å². The Balaban J connectivity index is 2.84. The van der Waals surface area contributed by atoms with Crippen LogP contribution in [0.3, 0.4) is 0 Å². The van der Waals surface area contributed by atoms with E-state index in [1.165, 1.54) is 6.92 Å². The number of benzene rings is 1. The van der Waals surface area contributed by atoms with Gasteiger partial charge in [-0.2, -0.15) is 0 Å². The average Bonchev–Trinajstić information content (AvgIpc) is 2.28. The molecule has 0 spiro atoms. The van der Waals surface area contributed by atoms with Crippen LogP contribution in [0.2, 0.25) is 0 Å². The highest BCUT2D eigenvalue weighted by atomic mass is 16.2. The van der Waals surface area contributed by atoms with Crippen LogP contribution in [0.25, 0.3) is 0 Å². The van der Waals surface area contributed by atoms with Crippen LogP contribution in [0.4, 0.5) is 0 Å². The Morgan fingerprint density at radius 1 is 1.31 bits per heavy atom. The van der Waals surface area contributed by atoms with E-state index in [9.17, 15) is 9.59 Å². The molecule has 1 amide bonds. The number of aryl methyl sites for hydroxylation is 1. The van der Waals surface area contributed by atoms with Crippen molar-refractivity contribution in [1.82, 2.24) is 5.32 Å². The van der Waals surface area contributed by atoms with E-state index in [0.717, 1.165) is 12.0 Å². The maximum absolute atomic E-state index is 11.9. The molecule has 0 aromatic heterocycles. The van der Waals surface area contributed by atoms with Gasteiger partial charge in [-0.25, -0.2) is 0 Å². The molecule has 3 nitrogen and oxygen atoms in total. The molecule has 1 aromatic rings. The van der Waals surface area contributed by atoms with Crippen LogP contribution in [-0.2, 0) is 11.2 Å². The zero-order valence-electron chi connectivity index (χ0n) is 9.91. The van der Waals surface area contributed by atoms with Gasteiger partial charge >= 0.3 is 0 Å². The lowest BCUT2D eigenvalue weighted by Gasteiger charge is -2.12. The van der Waals surface area contributed by atoms with Gasteiger partial charge in [-0.05, 0) is 31.9 Å². The number of carbonyl (C=O) groups excluding carboxylic acids is 2. The van der Waals surface area contributed by atoms with Crippen molar-refractivity contribution in [3.63, 3.8) is 0 Å². The van der Waals surface area contributed by atoms with Gasteiger partial charge in [0.25, 0.3) is 5.91 Å². The summed E-state index contributed by atoms with van der Waals surface area (Å²) in [5, 5.41) is 2.68. The molecule has 16 heavy (non-hydrogen) atoms. The second kappa shape index (κ2) is 5.45. The normalized spacial score (nSPS) is 11.9. The van der Waals surface area contributed by atoms with Crippen LogP contribution in [0.5, 0.6) is 0 Å². The summed E-state index contributed by atoms with van der Waals surface area (Å²) in [7, 11) is 0. The molecule has 0 bridgehead atoms. The molecular formula is C13H17NO2. The number of Topliss-reactive ketones (excluding diaryl/α,β-unsaturated/α-hetero) is 1. The van der Waals surface area contributed by atoms with E-state index in [-0.39, 0.29) is 11.7 Å². The maximum atomic E-state index is 11.9. The van der Waals surface area contributed by atoms with Crippen molar-refractivity contribution >= 4 is 11.7 Å². The van der Waals surface area contributed by atoms with Crippen molar-refractivity contribution in [2.45, 2.75) is 33.2 Å². The Labute approximate surface area is 95.9 Å². The Kier molecular flexibility index (Phi) is 4.23. The Bertz CT molecular complexity index is 399. The molecular weight excluding hydrogens is 202 g/mol. The van der Waals surface area contributed by atoms with E-state index in [2.05, 4.69) is 5.32 Å². The van der Waals surface area contributed by atoms with Crippen molar-refractivity contribution in [2.75, 3.05) is 0 Å². The van der Waals surface area contributed by atoms with E-state index in [1.54, 1.807) is 13.0 Å². The van der Waals surface area contributed by atoms with Gasteiger partial charge in [-0.15, -0.1) is 0 Å². The predicted octanol–water partition coefficient (Wildman–Crippen LogP) is 1.96. The van der Waals surface area contributed by atoms with Gasteiger partial charge < -0.3 is 5.32 Å². The number of ketones is 1. The highest BCUT2D eigenvalue weighted by molar-refractivity contribution is 5.98. The fourth-order valence-electron chi connectivity index (χ4n) is 1.43. The average molecular weight is 219 g/mol. The minimum Gasteiger partial charge on any atom is -0.343 e. The van der Waals surface area contributed by atoms with Crippen LogP contribution in [0, 0.1) is 0 Å². The van der Waals surface area contributed by atoms with E-state index in [1.807, 2.05) is 25.1 Å². The maximum Gasteiger partial charge on any atom is 0.252 e. The molecule has 3 heteroatoms. The van der Waals surface area contributed by atoms with Crippen LogP contribution < -0.4 is 5.32 Å². The Morgan fingerprint density at radius 3 is 2.50 bits per heavy atom. The highest BCUT2D eigenvalue weighted by Crippen LogP contribution is 2.09. The molecule has 86 valence electrons. The molecule has 1 rings (SSSR count). The number of hydrogen-bond acceptors (Lipinski definition) is 2. The van der Waals surface area contributed by atoms with E-state index in [0.29, 0.717) is 5.56 Å². The fourth-order valence-corrected chi connectivity index (χ4v) is 1.43. The number of hydrogen-bond donors (Lipinski definition) is 1. The summed E-state index contributed by atoms with van der Waals surface area (Å²) in [5.74, 6) is -0.220. The summed E-state index contributed by atoms with van der Waals surface area (Å²) in [4.78, 5) is 22.9. The van der Waals surface area contributed by atoms with Crippen LogP contribution in [0.15, 0.2) is 24.3 Å². The molecule has 0 saturated carbocycles. The highest BCUT2D eigenvalue weighted by Gasteiger charge is 2.14. The number of rotatable bonds is 4. The van der Waals surface area contributed by atoms with Gasteiger partial charge in [0.2, 0.25) is 0 Å². The Hall–Kier alpha value is -1.64. The van der Waals surface area contributed by atoms with E-state index in [4.69, 9.17) is 0 Å². The summed E-state index contributed by atoms with van der Waals surface area (Å²) >= 11 is 0. The molecule has 0 fully saturated rings. The molecule has 1 atom stereocenters. The van der Waals surface area contributed by atoms with Gasteiger partial charge in [-0.3, -0.25) is 9.59 Å². The number of nitrogens with one attached hydrogen (secondary N) is 1. The minimum atomic E-state index is -0.433. The SMILES string of the molecule is CCc1ccccc1C(=O)NC(C)C(C)=O. The molecule has 0 saturated heterocycles. The molecule has 0 heterocycles. The van der Waals surface area contributed by atoms with Crippen LogP contribution in [-0.4, -0.2) is 17.7 Å². The van der Waals surface area contributed by atoms with Crippen LogP contribution in [0.1, 0.15) is 36.7 Å². The Morgan fingerprint density at radius 2 is 1.94 bits per heavy atom. The molecule has 1 aromatic carbocycles. The first-order valence-electron chi connectivity index (χ1n) is 5.45. The third kappa shape index (κ3) is 2.92. The first-order valence-corrected chi connectivity index (χ1v) is 5.45. The number of amides is 1. The summed E-state index contributed by atoms with van der Waals surface area (Å²) in [5.41, 5.74) is 1.65. The van der Waals surface area contributed by atoms with Crippen molar-refractivity contribution in [3.05, 3.63) is 35.4 Å². The molecule has 0 radical (unpaired) electrons. The van der Waals surface area contributed by atoms with Gasteiger partial charge in [0, 0.05) is 5.56 Å². The summed E-state index contributed by atoms with van der Waals surface area (Å²) in [6.45, 7) is 5.16. The predicted molar refractivity (Wildman–Crippen MR) is 63.4 cm³/mol. The molecule has 0 aliphatic carbocycles. The quantitative estimate of drug-likeness (QED) is 0.841. The van der Waals surface area contributed by atoms with Crippen molar-refractivity contribution in [3.8, 4) is 0 Å². The first-order chi connectivity index (χ1) is 7.56. The second-order valence-corrected chi connectivity index (χ2v) is 3.82. The molecule has 0 aliphatic rings. The zero-order valence-corrected chi connectivity index (χ0v) is 9.91. The lowest BCUT2D eigenvalue weighted by molar-refractivity contribution is -0.118. The van der Waals surface area contributed by atoms with Gasteiger partial charge in [-0.1, -0.05) is 25.1 Å². The summed E-state index contributed by atoms with van der Waals surface area (Å²) in [6.07, 6.45) is 0.804. The fraction of sp³-hybridized carbons (Fsp3) is 0.385. The summed E-state index contributed by atoms with van der Waals surface area (Å²) < 4.78 is 0. The molecule has 0 aliphatic heterocycles. The summed E-state index contributed by atoms with van der Waals surface area (Å²) in [6, 6.07) is 7.00. The second-order valence-electron chi connectivity index (χ2n) is 3.82. The number of carbonyl (C=O) groups is 2. The molecule has 1 N–H and O–H groups in total. The topological polar surface area (TPSA) is 46.2 Å². The van der Waals surface area contributed by atoms with Gasteiger partial charge in [0.15, 0.2) is 5.78 Å². The van der Waals surface area contributed by atoms with Gasteiger partial charge in [0.05, 0.1) is 6.04 Å². The zero-order chi connectivity index (χ0) is 12.1. The minimum absolute atomic E-state index is 0.0395. The largest absolute Gasteiger partial charge is 0.343 e. The smallest absolute Gasteiger partial charge is 0.252 e. The molecule has 1 unspecified atom stereocenters. The first kappa shape index (κ1) is 12.4. The van der Waals surface area contributed by atoms with Gasteiger partial charge in [0.1, 0.15) is 0 Å². The van der Waals surface area contributed by atoms with Crippen molar-refractivity contribution < 1.29 is 9.59 Å². The van der Waals surface area contributed by atoms with Crippen molar-refractivity contribution in [2.24, 2.45) is 0 Å². The lowest BCUT2D eigenvalue weighted by Crippen LogP contribution is -2.37. The van der Waals surface area contributed by atoms with E-state index >= 15 is 0 Å². The van der Waals surface area contributed by atoms with Crippen LogP contribution >= 0.6 is 0 Å².